The Hall–Kier alpha value is -3.70. The van der Waals surface area contributed by atoms with Crippen LogP contribution in [0.3, 0.4) is 0 Å². The molecule has 4 aromatic rings. The lowest BCUT2D eigenvalue weighted by atomic mass is 9.93. The SMILES string of the molecule is CC(C)(CCC(C)(C)[Si](C)(C)O)n1cc(C(=O)c2cncc(NC(=O)Cn3cc(C4CC4)nn3)c2)c2cnccc21. The molecular weight excluding hydrogens is 534 g/mol. The van der Waals surface area contributed by atoms with Gasteiger partial charge in [0, 0.05) is 59.0 Å². The molecule has 2 N–H and O–H groups in total. The lowest BCUT2D eigenvalue weighted by molar-refractivity contribution is -0.116. The molecule has 11 heteroatoms. The summed E-state index contributed by atoms with van der Waals surface area (Å²) in [6, 6.07) is 3.57. The Bertz CT molecular complexity index is 1590. The van der Waals surface area contributed by atoms with Crippen LogP contribution in [0.15, 0.2) is 49.3 Å². The highest BCUT2D eigenvalue weighted by atomic mass is 28.4. The maximum Gasteiger partial charge on any atom is 0.246 e. The molecule has 10 nitrogen and oxygen atoms in total. The third-order valence-electron chi connectivity index (χ3n) is 8.66. The number of carbonyl (C=O) groups excluding carboxylic acids is 2. The molecule has 0 aromatic carbocycles. The van der Waals surface area contributed by atoms with Gasteiger partial charge in [-0.15, -0.1) is 5.10 Å². The third kappa shape index (κ3) is 6.15. The van der Waals surface area contributed by atoms with E-state index < -0.39 is 8.32 Å². The van der Waals surface area contributed by atoms with E-state index in [2.05, 4.69) is 57.9 Å². The summed E-state index contributed by atoms with van der Waals surface area (Å²) >= 11 is 0. The van der Waals surface area contributed by atoms with Crippen LogP contribution in [0.2, 0.25) is 18.1 Å². The minimum atomic E-state index is -2.35. The van der Waals surface area contributed by atoms with Crippen molar-refractivity contribution in [3.63, 3.8) is 0 Å². The molecule has 5 rings (SSSR count). The number of anilines is 1. The molecule has 0 aliphatic heterocycles. The highest BCUT2D eigenvalue weighted by molar-refractivity contribution is 6.72. The Morgan fingerprint density at radius 3 is 2.54 bits per heavy atom. The summed E-state index contributed by atoms with van der Waals surface area (Å²) in [7, 11) is -2.35. The van der Waals surface area contributed by atoms with Crippen LogP contribution in [0.25, 0.3) is 10.9 Å². The zero-order valence-corrected chi connectivity index (χ0v) is 25.7. The van der Waals surface area contributed by atoms with Gasteiger partial charge in [-0.2, -0.15) is 0 Å². The Morgan fingerprint density at radius 2 is 1.83 bits per heavy atom. The van der Waals surface area contributed by atoms with Gasteiger partial charge < -0.3 is 14.7 Å². The monoisotopic (exact) mass is 573 g/mol. The zero-order chi connectivity index (χ0) is 29.6. The van der Waals surface area contributed by atoms with E-state index in [1.807, 2.05) is 31.6 Å². The second kappa shape index (κ2) is 10.6. The molecule has 0 unspecified atom stereocenters. The van der Waals surface area contributed by atoms with E-state index in [0.717, 1.165) is 42.3 Å². The molecule has 1 amide bonds. The fourth-order valence-corrected chi connectivity index (χ4v) is 5.63. The number of aromatic nitrogens is 6. The van der Waals surface area contributed by atoms with Crippen LogP contribution in [-0.4, -0.2) is 54.3 Å². The van der Waals surface area contributed by atoms with Crippen LogP contribution in [0.1, 0.15) is 80.9 Å². The molecule has 0 atom stereocenters. The molecule has 1 aliphatic rings. The summed E-state index contributed by atoms with van der Waals surface area (Å²) in [6.07, 6.45) is 14.1. The van der Waals surface area contributed by atoms with Gasteiger partial charge >= 0.3 is 0 Å². The average Bonchev–Trinajstić information content (AvgIpc) is 3.53. The van der Waals surface area contributed by atoms with Crippen LogP contribution in [-0.2, 0) is 16.9 Å². The van der Waals surface area contributed by atoms with E-state index in [9.17, 15) is 14.4 Å². The zero-order valence-electron chi connectivity index (χ0n) is 24.7. The van der Waals surface area contributed by atoms with E-state index >= 15 is 0 Å². The number of pyridine rings is 2. The Balaban J connectivity index is 1.36. The predicted octanol–water partition coefficient (Wildman–Crippen LogP) is 5.26. The number of rotatable bonds is 11. The minimum absolute atomic E-state index is 0.0267. The Kier molecular flexibility index (Phi) is 7.45. The number of carbonyl (C=O) groups is 2. The first-order valence-corrected chi connectivity index (χ1v) is 17.1. The fourth-order valence-electron chi connectivity index (χ4n) is 4.89. The number of ketones is 1. The van der Waals surface area contributed by atoms with Crippen molar-refractivity contribution in [1.82, 2.24) is 29.5 Å². The molecule has 4 heterocycles. The van der Waals surface area contributed by atoms with Crippen molar-refractivity contribution in [3.8, 4) is 0 Å². The summed E-state index contributed by atoms with van der Waals surface area (Å²) in [6.45, 7) is 12.6. The van der Waals surface area contributed by atoms with Gasteiger partial charge in [-0.3, -0.25) is 19.6 Å². The van der Waals surface area contributed by atoms with E-state index in [-0.39, 0.29) is 28.8 Å². The first-order valence-electron chi connectivity index (χ1n) is 14.1. The van der Waals surface area contributed by atoms with Crippen molar-refractivity contribution in [2.75, 3.05) is 5.32 Å². The highest BCUT2D eigenvalue weighted by Gasteiger charge is 2.39. The third-order valence-corrected chi connectivity index (χ3v) is 12.2. The molecule has 0 saturated heterocycles. The second-order valence-electron chi connectivity index (χ2n) is 13.0. The van der Waals surface area contributed by atoms with E-state index in [1.54, 1.807) is 18.5 Å². The fraction of sp³-hybridized carbons (Fsp3) is 0.467. The molecule has 0 spiro atoms. The van der Waals surface area contributed by atoms with Crippen LogP contribution in [0.5, 0.6) is 0 Å². The van der Waals surface area contributed by atoms with Gasteiger partial charge in [-0.1, -0.05) is 19.1 Å². The van der Waals surface area contributed by atoms with Crippen LogP contribution in [0.4, 0.5) is 5.69 Å². The molecule has 41 heavy (non-hydrogen) atoms. The van der Waals surface area contributed by atoms with Crippen molar-refractivity contribution in [1.29, 1.82) is 0 Å². The summed E-state index contributed by atoms with van der Waals surface area (Å²) in [5.74, 6) is -0.00871. The molecular formula is C30H39N7O3Si. The number of fused-ring (bicyclic) bond motifs is 1. The van der Waals surface area contributed by atoms with Crippen molar-refractivity contribution in [2.45, 2.75) is 89.5 Å². The second-order valence-corrected chi connectivity index (χ2v) is 17.5. The van der Waals surface area contributed by atoms with Gasteiger partial charge in [-0.05, 0) is 69.8 Å². The van der Waals surface area contributed by atoms with E-state index in [1.165, 1.54) is 17.1 Å². The predicted molar refractivity (Wildman–Crippen MR) is 160 cm³/mol. The van der Waals surface area contributed by atoms with Crippen molar-refractivity contribution in [2.24, 2.45) is 0 Å². The molecule has 4 aromatic heterocycles. The molecule has 1 aliphatic carbocycles. The van der Waals surface area contributed by atoms with Crippen molar-refractivity contribution < 1.29 is 14.4 Å². The molecule has 1 saturated carbocycles. The first kappa shape index (κ1) is 28.8. The lowest BCUT2D eigenvalue weighted by Gasteiger charge is -2.38. The molecule has 0 bridgehead atoms. The molecule has 1 fully saturated rings. The van der Waals surface area contributed by atoms with E-state index in [0.29, 0.717) is 22.7 Å². The van der Waals surface area contributed by atoms with E-state index in [4.69, 9.17) is 0 Å². The number of nitrogens with zero attached hydrogens (tertiary/aromatic N) is 6. The summed E-state index contributed by atoms with van der Waals surface area (Å²) < 4.78 is 3.67. The lowest BCUT2D eigenvalue weighted by Crippen LogP contribution is -2.40. The Morgan fingerprint density at radius 1 is 1.07 bits per heavy atom. The summed E-state index contributed by atoms with van der Waals surface area (Å²) in [5.41, 5.74) is 2.86. The topological polar surface area (TPSA) is 128 Å². The molecule has 0 radical (unpaired) electrons. The van der Waals surface area contributed by atoms with Crippen LogP contribution >= 0.6 is 0 Å². The standard InChI is InChI=1S/C30H39N7O3Si/c1-29(2,10-11-30(3,4)41(5,6)40)37-17-24(23-16-31-12-9-26(23)37)28(39)21-13-22(15-32-14-21)33-27(38)19-36-18-25(34-35-36)20-7-8-20/h9,12-18,20,40H,7-8,10-11,19H2,1-6H3,(H,33,38). The molecule has 216 valence electrons. The average molecular weight is 574 g/mol. The number of hydrogen-bond donors (Lipinski definition) is 2. The number of nitrogens with one attached hydrogen (secondary N) is 1. The smallest absolute Gasteiger partial charge is 0.246 e. The minimum Gasteiger partial charge on any atom is -0.432 e. The first-order chi connectivity index (χ1) is 19.2. The quantitative estimate of drug-likeness (QED) is 0.185. The van der Waals surface area contributed by atoms with Gasteiger partial charge in [0.05, 0.1) is 23.1 Å². The van der Waals surface area contributed by atoms with Crippen molar-refractivity contribution in [3.05, 3.63) is 66.1 Å². The maximum absolute atomic E-state index is 13.8. The van der Waals surface area contributed by atoms with Gasteiger partial charge in [0.15, 0.2) is 14.1 Å². The van der Waals surface area contributed by atoms with Crippen LogP contribution < -0.4 is 5.32 Å². The normalized spacial score (nSPS) is 14.4. The van der Waals surface area contributed by atoms with Gasteiger partial charge in [0.2, 0.25) is 5.91 Å². The van der Waals surface area contributed by atoms with Gasteiger partial charge in [-0.25, -0.2) is 4.68 Å². The summed E-state index contributed by atoms with van der Waals surface area (Å²) in [5, 5.41) is 11.6. The number of hydrogen-bond acceptors (Lipinski definition) is 7. The van der Waals surface area contributed by atoms with Gasteiger partial charge in [0.1, 0.15) is 6.54 Å². The largest absolute Gasteiger partial charge is 0.432 e. The van der Waals surface area contributed by atoms with Crippen LogP contribution in [0, 0.1) is 0 Å². The van der Waals surface area contributed by atoms with Crippen molar-refractivity contribution >= 4 is 36.6 Å². The van der Waals surface area contributed by atoms with Gasteiger partial charge in [0.25, 0.3) is 0 Å². The highest BCUT2D eigenvalue weighted by Crippen LogP contribution is 2.43. The Labute approximate surface area is 241 Å². The summed E-state index contributed by atoms with van der Waals surface area (Å²) in [4.78, 5) is 45.8. The number of amides is 1. The maximum atomic E-state index is 13.8.